The van der Waals surface area contributed by atoms with Crippen LogP contribution in [0, 0.1) is 0 Å². The highest BCUT2D eigenvalue weighted by Crippen LogP contribution is 2.19. The predicted octanol–water partition coefficient (Wildman–Crippen LogP) is 2.17. The van der Waals surface area contributed by atoms with Crippen LogP contribution in [0.15, 0.2) is 58.3 Å². The fraction of sp³-hybridized carbons (Fsp3) is 0.316. The number of hydrogen-bond donors (Lipinski definition) is 2. The van der Waals surface area contributed by atoms with E-state index >= 15 is 0 Å². The van der Waals surface area contributed by atoms with Crippen LogP contribution in [-0.4, -0.2) is 52.9 Å². The Morgan fingerprint density at radius 3 is 1.86 bits per heavy atom. The molecule has 8 nitrogen and oxygen atoms in total. The molecule has 0 aliphatic heterocycles. The largest absolute Gasteiger partial charge is 0.376 e. The lowest BCUT2D eigenvalue weighted by Gasteiger charge is -2.21. The Hall–Kier alpha value is -2.43. The van der Waals surface area contributed by atoms with Crippen molar-refractivity contribution >= 4 is 37.1 Å². The third-order valence-corrected chi connectivity index (χ3v) is 7.45. The van der Waals surface area contributed by atoms with Gasteiger partial charge in [-0.2, -0.15) is 4.31 Å². The lowest BCUT2D eigenvalue weighted by Crippen LogP contribution is -2.33. The second-order valence-corrected chi connectivity index (χ2v) is 10.9. The SMILES string of the molecule is CC(C)N(C)S(=O)(=O)c1ccc(NCC(=O)Nc2ccc(S(C)(=O)=O)cc2)cc1. The minimum absolute atomic E-state index is 0.0359. The van der Waals surface area contributed by atoms with Gasteiger partial charge in [-0.05, 0) is 62.4 Å². The lowest BCUT2D eigenvalue weighted by atomic mass is 10.3. The van der Waals surface area contributed by atoms with Crippen molar-refractivity contribution in [3.8, 4) is 0 Å². The van der Waals surface area contributed by atoms with Crippen LogP contribution >= 0.6 is 0 Å². The Balaban J connectivity index is 1.95. The van der Waals surface area contributed by atoms with Crippen molar-refractivity contribution in [1.82, 2.24) is 4.31 Å². The molecule has 0 saturated carbocycles. The van der Waals surface area contributed by atoms with E-state index < -0.39 is 19.9 Å². The first-order valence-electron chi connectivity index (χ1n) is 8.83. The van der Waals surface area contributed by atoms with Gasteiger partial charge in [0.1, 0.15) is 0 Å². The zero-order valence-electron chi connectivity index (χ0n) is 16.7. The van der Waals surface area contributed by atoms with E-state index in [4.69, 9.17) is 0 Å². The van der Waals surface area contributed by atoms with Gasteiger partial charge in [-0.25, -0.2) is 16.8 Å². The molecule has 0 spiro atoms. The second kappa shape index (κ2) is 8.93. The molecule has 0 heterocycles. The number of sulfonamides is 1. The highest BCUT2D eigenvalue weighted by atomic mass is 32.2. The molecule has 0 bridgehead atoms. The van der Waals surface area contributed by atoms with Crippen molar-refractivity contribution in [3.63, 3.8) is 0 Å². The number of carbonyl (C=O) groups is 1. The molecule has 0 unspecified atom stereocenters. The van der Waals surface area contributed by atoms with Crippen LogP contribution in [0.5, 0.6) is 0 Å². The average Bonchev–Trinajstić information content (AvgIpc) is 2.65. The summed E-state index contributed by atoms with van der Waals surface area (Å²) in [5.41, 5.74) is 1.07. The number of anilines is 2. The van der Waals surface area contributed by atoms with Crippen LogP contribution in [0.3, 0.4) is 0 Å². The zero-order valence-corrected chi connectivity index (χ0v) is 18.3. The molecule has 1 amide bonds. The van der Waals surface area contributed by atoms with Crippen LogP contribution in [0.1, 0.15) is 13.8 Å². The summed E-state index contributed by atoms with van der Waals surface area (Å²) >= 11 is 0. The Morgan fingerprint density at radius 1 is 0.897 bits per heavy atom. The maximum Gasteiger partial charge on any atom is 0.243 e. The monoisotopic (exact) mass is 439 g/mol. The summed E-state index contributed by atoms with van der Waals surface area (Å²) in [6.45, 7) is 3.55. The summed E-state index contributed by atoms with van der Waals surface area (Å²) in [6.07, 6.45) is 1.11. The minimum atomic E-state index is -3.56. The molecule has 2 N–H and O–H groups in total. The number of carbonyl (C=O) groups excluding carboxylic acids is 1. The molecule has 0 aliphatic carbocycles. The first kappa shape index (κ1) is 22.9. The van der Waals surface area contributed by atoms with Gasteiger partial charge in [0.05, 0.1) is 16.3 Å². The molecule has 2 aromatic rings. The summed E-state index contributed by atoms with van der Waals surface area (Å²) in [7, 11) is -5.32. The maximum absolute atomic E-state index is 12.4. The normalized spacial score (nSPS) is 12.2. The number of hydrogen-bond acceptors (Lipinski definition) is 6. The lowest BCUT2D eigenvalue weighted by molar-refractivity contribution is -0.114. The quantitative estimate of drug-likeness (QED) is 0.652. The van der Waals surface area contributed by atoms with Gasteiger partial charge < -0.3 is 10.6 Å². The smallest absolute Gasteiger partial charge is 0.243 e. The zero-order chi connectivity index (χ0) is 21.8. The molecule has 0 fully saturated rings. The fourth-order valence-corrected chi connectivity index (χ4v) is 4.36. The van der Waals surface area contributed by atoms with Gasteiger partial charge in [0.2, 0.25) is 15.9 Å². The first-order valence-corrected chi connectivity index (χ1v) is 12.2. The summed E-state index contributed by atoms with van der Waals surface area (Å²) in [5.74, 6) is -0.326. The van der Waals surface area contributed by atoms with E-state index in [2.05, 4.69) is 10.6 Å². The van der Waals surface area contributed by atoms with Crippen molar-refractivity contribution in [3.05, 3.63) is 48.5 Å². The van der Waals surface area contributed by atoms with Crippen molar-refractivity contribution in [1.29, 1.82) is 0 Å². The molecule has 0 aromatic heterocycles. The molecule has 29 heavy (non-hydrogen) atoms. The third kappa shape index (κ3) is 6.02. The number of nitrogens with one attached hydrogen (secondary N) is 2. The van der Waals surface area contributed by atoms with Crippen molar-refractivity contribution < 1.29 is 21.6 Å². The molecule has 2 rings (SSSR count). The van der Waals surface area contributed by atoms with E-state index in [9.17, 15) is 21.6 Å². The third-order valence-electron chi connectivity index (χ3n) is 4.28. The first-order chi connectivity index (χ1) is 13.4. The predicted molar refractivity (Wildman–Crippen MR) is 113 cm³/mol. The summed E-state index contributed by atoms with van der Waals surface area (Å²) in [5, 5.41) is 5.57. The highest BCUT2D eigenvalue weighted by Gasteiger charge is 2.22. The molecule has 2 aromatic carbocycles. The van der Waals surface area contributed by atoms with Gasteiger partial charge in [-0.15, -0.1) is 0 Å². The molecular weight excluding hydrogens is 414 g/mol. The van der Waals surface area contributed by atoms with Gasteiger partial charge in [0, 0.05) is 30.7 Å². The summed E-state index contributed by atoms with van der Waals surface area (Å²) in [6, 6.07) is 11.9. The van der Waals surface area contributed by atoms with E-state index in [0.717, 1.165) is 6.26 Å². The number of amides is 1. The highest BCUT2D eigenvalue weighted by molar-refractivity contribution is 7.90. The molecule has 0 radical (unpaired) electrons. The summed E-state index contributed by atoms with van der Waals surface area (Å²) in [4.78, 5) is 12.4. The second-order valence-electron chi connectivity index (χ2n) is 6.84. The van der Waals surface area contributed by atoms with Gasteiger partial charge in [-0.1, -0.05) is 0 Å². The molecule has 158 valence electrons. The molecule has 10 heteroatoms. The average molecular weight is 440 g/mol. The van der Waals surface area contributed by atoms with Gasteiger partial charge >= 0.3 is 0 Å². The number of rotatable bonds is 8. The van der Waals surface area contributed by atoms with Crippen molar-refractivity contribution in [2.45, 2.75) is 29.7 Å². The number of benzene rings is 2. The molecular formula is C19H25N3O5S2. The topological polar surface area (TPSA) is 113 Å². The van der Waals surface area contributed by atoms with Crippen LogP contribution in [0.2, 0.25) is 0 Å². The van der Waals surface area contributed by atoms with Crippen LogP contribution in [0.4, 0.5) is 11.4 Å². The van der Waals surface area contributed by atoms with Crippen LogP contribution in [-0.2, 0) is 24.7 Å². The maximum atomic E-state index is 12.4. The number of nitrogens with zero attached hydrogens (tertiary/aromatic N) is 1. The van der Waals surface area contributed by atoms with Gasteiger partial charge in [-0.3, -0.25) is 4.79 Å². The van der Waals surface area contributed by atoms with Gasteiger partial charge in [0.15, 0.2) is 9.84 Å². The van der Waals surface area contributed by atoms with E-state index in [-0.39, 0.29) is 28.3 Å². The Kier molecular flexibility index (Phi) is 7.04. The molecule has 0 atom stereocenters. The van der Waals surface area contributed by atoms with E-state index in [1.54, 1.807) is 26.0 Å². The standard InChI is InChI=1S/C19H25N3O5S2/c1-14(2)22(3)29(26,27)18-11-5-15(6-12-18)20-13-19(23)21-16-7-9-17(10-8-16)28(4,24)25/h5-12,14,20H,13H2,1-4H3,(H,21,23). The minimum Gasteiger partial charge on any atom is -0.376 e. The van der Waals surface area contributed by atoms with E-state index in [0.29, 0.717) is 11.4 Å². The van der Waals surface area contributed by atoms with Crippen molar-refractivity contribution in [2.75, 3.05) is 30.5 Å². The molecule has 0 aliphatic rings. The summed E-state index contributed by atoms with van der Waals surface area (Å²) < 4.78 is 49.1. The van der Waals surface area contributed by atoms with Crippen LogP contribution < -0.4 is 10.6 Å². The van der Waals surface area contributed by atoms with Gasteiger partial charge in [0.25, 0.3) is 0 Å². The number of sulfone groups is 1. The molecule has 0 saturated heterocycles. The van der Waals surface area contributed by atoms with E-state index in [1.165, 1.54) is 47.8 Å². The Labute approximate surface area is 171 Å². The Bertz CT molecular complexity index is 1060. The van der Waals surface area contributed by atoms with Crippen LogP contribution in [0.25, 0.3) is 0 Å². The van der Waals surface area contributed by atoms with Crippen molar-refractivity contribution in [2.24, 2.45) is 0 Å². The fourth-order valence-electron chi connectivity index (χ4n) is 2.36. The Morgan fingerprint density at radius 2 is 1.38 bits per heavy atom. The van der Waals surface area contributed by atoms with E-state index in [1.807, 2.05) is 0 Å².